The first-order chi connectivity index (χ1) is 9.81. The molecule has 0 spiro atoms. The quantitative estimate of drug-likeness (QED) is 0.589. The number of carboxylic acid groups (broad SMARTS) is 1. The maximum Gasteiger partial charge on any atom is 0.408 e. The van der Waals surface area contributed by atoms with Crippen molar-refractivity contribution in [2.24, 2.45) is 5.92 Å². The molecule has 1 rings (SSSR count). The van der Waals surface area contributed by atoms with E-state index in [-0.39, 0.29) is 11.9 Å². The SMILES string of the molecule is CC(C)c1nc(SCOC(=O)N[C@H](C(=O)O)C(C)C)cs1. The molecule has 0 aliphatic carbocycles. The number of hydrogen-bond donors (Lipinski definition) is 2. The zero-order valence-corrected chi connectivity index (χ0v) is 14.1. The summed E-state index contributed by atoms with van der Waals surface area (Å²) in [4.78, 5) is 26.9. The van der Waals surface area contributed by atoms with Crippen LogP contribution in [0.1, 0.15) is 38.6 Å². The summed E-state index contributed by atoms with van der Waals surface area (Å²) in [6.07, 6.45) is -0.733. The largest absolute Gasteiger partial charge is 0.480 e. The van der Waals surface area contributed by atoms with Gasteiger partial charge in [0, 0.05) is 11.3 Å². The predicted molar refractivity (Wildman–Crippen MR) is 82.8 cm³/mol. The molecule has 1 aromatic heterocycles. The number of hydrogen-bond acceptors (Lipinski definition) is 6. The third-order valence-corrected chi connectivity index (χ3v) is 4.63. The van der Waals surface area contributed by atoms with E-state index >= 15 is 0 Å². The zero-order valence-electron chi connectivity index (χ0n) is 12.5. The van der Waals surface area contributed by atoms with Gasteiger partial charge in [-0.3, -0.25) is 0 Å². The number of amides is 1. The first-order valence-electron chi connectivity index (χ1n) is 6.55. The number of thioether (sulfide) groups is 1. The van der Waals surface area contributed by atoms with Crippen LogP contribution < -0.4 is 5.32 Å². The molecule has 1 heterocycles. The first-order valence-corrected chi connectivity index (χ1v) is 8.42. The van der Waals surface area contributed by atoms with Crippen molar-refractivity contribution < 1.29 is 19.4 Å². The Morgan fingerprint density at radius 1 is 1.43 bits per heavy atom. The van der Waals surface area contributed by atoms with Gasteiger partial charge < -0.3 is 15.2 Å². The van der Waals surface area contributed by atoms with Crippen LogP contribution >= 0.6 is 23.1 Å². The monoisotopic (exact) mass is 332 g/mol. The average Bonchev–Trinajstić information content (AvgIpc) is 2.84. The van der Waals surface area contributed by atoms with E-state index in [9.17, 15) is 9.59 Å². The van der Waals surface area contributed by atoms with E-state index in [1.165, 1.54) is 11.8 Å². The highest BCUT2D eigenvalue weighted by molar-refractivity contribution is 7.99. The van der Waals surface area contributed by atoms with Gasteiger partial charge in [0.2, 0.25) is 0 Å². The molecule has 0 saturated heterocycles. The number of ether oxygens (including phenoxy) is 1. The van der Waals surface area contributed by atoms with E-state index in [4.69, 9.17) is 9.84 Å². The summed E-state index contributed by atoms with van der Waals surface area (Å²) in [5.74, 6) is -0.821. The fourth-order valence-electron chi connectivity index (χ4n) is 1.43. The Morgan fingerprint density at radius 3 is 2.57 bits per heavy atom. The molecule has 1 aromatic rings. The van der Waals surface area contributed by atoms with Crippen LogP contribution in [0.15, 0.2) is 10.4 Å². The Labute approximate surface area is 132 Å². The van der Waals surface area contributed by atoms with Gasteiger partial charge in [-0.05, 0) is 5.92 Å². The van der Waals surface area contributed by atoms with Crippen molar-refractivity contribution >= 4 is 35.2 Å². The van der Waals surface area contributed by atoms with Crippen molar-refractivity contribution in [1.29, 1.82) is 0 Å². The van der Waals surface area contributed by atoms with Crippen LogP contribution in [-0.2, 0) is 9.53 Å². The topological polar surface area (TPSA) is 88.5 Å². The number of nitrogens with one attached hydrogen (secondary N) is 1. The molecule has 0 aliphatic heterocycles. The Hall–Kier alpha value is -1.28. The highest BCUT2D eigenvalue weighted by Crippen LogP contribution is 2.25. The van der Waals surface area contributed by atoms with E-state index in [1.807, 2.05) is 5.38 Å². The van der Waals surface area contributed by atoms with Crippen molar-refractivity contribution in [1.82, 2.24) is 10.3 Å². The lowest BCUT2D eigenvalue weighted by molar-refractivity contribution is -0.140. The molecule has 0 fully saturated rings. The number of rotatable bonds is 7. The minimum atomic E-state index is -1.07. The summed E-state index contributed by atoms with van der Waals surface area (Å²) >= 11 is 2.87. The molecule has 0 unspecified atom stereocenters. The fourth-order valence-corrected chi connectivity index (χ4v) is 3.05. The van der Waals surface area contributed by atoms with Crippen molar-refractivity contribution in [3.63, 3.8) is 0 Å². The number of thiazole rings is 1. The second kappa shape index (κ2) is 8.23. The number of nitrogens with zero attached hydrogens (tertiary/aromatic N) is 1. The van der Waals surface area contributed by atoms with E-state index < -0.39 is 18.1 Å². The molecule has 0 radical (unpaired) electrons. The molecule has 1 amide bonds. The maximum atomic E-state index is 11.5. The number of aromatic nitrogens is 1. The maximum absolute atomic E-state index is 11.5. The molecule has 1 atom stereocenters. The van der Waals surface area contributed by atoms with Crippen LogP contribution in [0, 0.1) is 5.92 Å². The molecular weight excluding hydrogens is 312 g/mol. The number of carbonyl (C=O) groups is 2. The van der Waals surface area contributed by atoms with E-state index in [0.717, 1.165) is 10.0 Å². The second-order valence-corrected chi connectivity index (χ2v) is 6.91. The Morgan fingerprint density at radius 2 is 2.10 bits per heavy atom. The third-order valence-electron chi connectivity index (χ3n) is 2.60. The zero-order chi connectivity index (χ0) is 16.0. The molecule has 0 saturated carbocycles. The average molecular weight is 332 g/mol. The van der Waals surface area contributed by atoms with Gasteiger partial charge in [-0.15, -0.1) is 11.3 Å². The van der Waals surface area contributed by atoms with Crippen molar-refractivity contribution in [3.8, 4) is 0 Å². The van der Waals surface area contributed by atoms with Gasteiger partial charge in [-0.2, -0.15) is 0 Å². The lowest BCUT2D eigenvalue weighted by Crippen LogP contribution is -2.44. The third kappa shape index (κ3) is 5.92. The molecule has 2 N–H and O–H groups in total. The molecule has 6 nitrogen and oxygen atoms in total. The number of carboxylic acids is 1. The number of carbonyl (C=O) groups excluding carboxylic acids is 1. The molecule has 0 aromatic carbocycles. The number of alkyl carbamates (subject to hydrolysis) is 1. The van der Waals surface area contributed by atoms with Crippen LogP contribution in [0.5, 0.6) is 0 Å². The van der Waals surface area contributed by atoms with Crippen molar-refractivity contribution in [2.45, 2.75) is 44.7 Å². The van der Waals surface area contributed by atoms with Crippen LogP contribution in [-0.4, -0.2) is 34.1 Å². The summed E-state index contributed by atoms with van der Waals surface area (Å²) in [5, 5.41) is 15.0. The summed E-state index contributed by atoms with van der Waals surface area (Å²) < 4.78 is 4.96. The fraction of sp³-hybridized carbons (Fsp3) is 0.615. The van der Waals surface area contributed by atoms with Crippen molar-refractivity contribution in [3.05, 3.63) is 10.4 Å². The normalized spacial score (nSPS) is 12.5. The van der Waals surface area contributed by atoms with Gasteiger partial charge in [0.05, 0.1) is 5.01 Å². The standard InChI is InChI=1S/C13H20N2O4S2/c1-7(2)10(12(16)17)15-13(18)19-6-21-9-5-20-11(14-9)8(3)4/h5,7-8,10H,6H2,1-4H3,(H,15,18)(H,16,17)/t10-/m0/s1. The van der Waals surface area contributed by atoms with Crippen LogP contribution in [0.25, 0.3) is 0 Å². The van der Waals surface area contributed by atoms with Crippen LogP contribution in [0.2, 0.25) is 0 Å². The molecule has 118 valence electrons. The molecule has 8 heteroatoms. The summed E-state index contributed by atoms with van der Waals surface area (Å²) in [5.41, 5.74) is 0. The van der Waals surface area contributed by atoms with Gasteiger partial charge in [0.25, 0.3) is 0 Å². The highest BCUT2D eigenvalue weighted by atomic mass is 32.2. The minimum Gasteiger partial charge on any atom is -0.480 e. The lowest BCUT2D eigenvalue weighted by atomic mass is 10.1. The number of aliphatic carboxylic acids is 1. The highest BCUT2D eigenvalue weighted by Gasteiger charge is 2.24. The van der Waals surface area contributed by atoms with E-state index in [2.05, 4.69) is 24.1 Å². The molecule has 21 heavy (non-hydrogen) atoms. The Bertz CT molecular complexity index is 488. The Balaban J connectivity index is 2.37. The van der Waals surface area contributed by atoms with Gasteiger partial charge in [0.15, 0.2) is 0 Å². The predicted octanol–water partition coefficient (Wildman–Crippen LogP) is 3.15. The first kappa shape index (κ1) is 17.8. The molecule has 0 aliphatic rings. The Kier molecular flexibility index (Phi) is 6.97. The summed E-state index contributed by atoms with van der Waals surface area (Å²) in [7, 11) is 0. The summed E-state index contributed by atoms with van der Waals surface area (Å²) in [6, 6.07) is -0.950. The molecular formula is C13H20N2O4S2. The minimum absolute atomic E-state index is 0.0948. The van der Waals surface area contributed by atoms with Crippen molar-refractivity contribution in [2.75, 3.05) is 5.94 Å². The van der Waals surface area contributed by atoms with Crippen LogP contribution in [0.4, 0.5) is 4.79 Å². The van der Waals surface area contributed by atoms with Gasteiger partial charge in [0.1, 0.15) is 17.0 Å². The van der Waals surface area contributed by atoms with Crippen LogP contribution in [0.3, 0.4) is 0 Å². The lowest BCUT2D eigenvalue weighted by Gasteiger charge is -2.17. The van der Waals surface area contributed by atoms with Gasteiger partial charge >= 0.3 is 12.1 Å². The van der Waals surface area contributed by atoms with Gasteiger partial charge in [-0.25, -0.2) is 14.6 Å². The van der Waals surface area contributed by atoms with E-state index in [1.54, 1.807) is 25.2 Å². The summed E-state index contributed by atoms with van der Waals surface area (Å²) in [6.45, 7) is 7.57. The van der Waals surface area contributed by atoms with E-state index in [0.29, 0.717) is 5.92 Å². The second-order valence-electron chi connectivity index (χ2n) is 5.08. The van der Waals surface area contributed by atoms with Gasteiger partial charge in [-0.1, -0.05) is 39.5 Å². The molecule has 0 bridgehead atoms. The smallest absolute Gasteiger partial charge is 0.408 e.